The molecule has 0 spiro atoms. The lowest BCUT2D eigenvalue weighted by Crippen LogP contribution is -2.75. The third kappa shape index (κ3) is 4.56. The van der Waals surface area contributed by atoms with E-state index in [1.165, 1.54) is 0 Å². The van der Waals surface area contributed by atoms with Crippen LogP contribution in [0.25, 0.3) is 0 Å². The Hall–Kier alpha value is -1.87. The molecule has 1 aromatic carbocycles. The number of hydrogen-bond donors (Lipinski definition) is 1. The SMILES string of the molecule is C[N+]1([C@]2([N+](=O)[O-])C[C@@H](C(F)(F)F)CCC2NC(=O)Cc2ccccc2)CCCC1.Cl. The number of nitrogens with zero attached hydrogens (tertiary/aromatic N) is 2. The Kier molecular flexibility index (Phi) is 7.40. The Balaban J connectivity index is 0.00000320. The number of carbonyl (C=O) groups is 1. The molecule has 1 saturated carbocycles. The second-order valence-electron chi connectivity index (χ2n) is 8.49. The first-order valence-electron chi connectivity index (χ1n) is 9.98. The molecule has 3 atom stereocenters. The molecule has 168 valence electrons. The minimum absolute atomic E-state index is 0. The highest BCUT2D eigenvalue weighted by molar-refractivity contribution is 5.85. The van der Waals surface area contributed by atoms with E-state index >= 15 is 0 Å². The average molecular weight is 451 g/mol. The zero-order chi connectivity index (χ0) is 21.3. The van der Waals surface area contributed by atoms with Crippen molar-refractivity contribution in [2.75, 3.05) is 20.1 Å². The van der Waals surface area contributed by atoms with E-state index in [1.807, 2.05) is 6.07 Å². The molecule has 0 bridgehead atoms. The number of quaternary nitrogens is 1. The van der Waals surface area contributed by atoms with Gasteiger partial charge in [0.1, 0.15) is 0 Å². The smallest absolute Gasteiger partial charge is 0.340 e. The summed E-state index contributed by atoms with van der Waals surface area (Å²) in [5, 5.41) is 15.1. The molecule has 3 rings (SSSR count). The van der Waals surface area contributed by atoms with E-state index in [2.05, 4.69) is 5.32 Å². The van der Waals surface area contributed by atoms with Crippen LogP contribution in [0.1, 0.15) is 37.7 Å². The van der Waals surface area contributed by atoms with E-state index < -0.39 is 41.1 Å². The van der Waals surface area contributed by atoms with Crippen molar-refractivity contribution in [1.29, 1.82) is 0 Å². The van der Waals surface area contributed by atoms with Crippen molar-refractivity contribution in [3.63, 3.8) is 0 Å². The largest absolute Gasteiger partial charge is 0.392 e. The number of hydrogen-bond acceptors (Lipinski definition) is 3. The Bertz CT molecular complexity index is 757. The molecule has 2 fully saturated rings. The summed E-state index contributed by atoms with van der Waals surface area (Å²) in [5.74, 6) is -2.13. The zero-order valence-corrected chi connectivity index (χ0v) is 17.7. The van der Waals surface area contributed by atoms with Crippen LogP contribution >= 0.6 is 12.4 Å². The lowest BCUT2D eigenvalue weighted by atomic mass is 9.75. The standard InChI is InChI=1S/C20H26F3N3O3.ClH/c1-26(11-5-6-12-26)19(25(28)29)14-16(20(21,22)23)9-10-17(19)24-18(27)13-15-7-3-2-4-8-15;/h2-4,7-8,16-17H,5-6,9-14H2,1H3;1H/p+1/t16-,17?,19+;/m0./s1. The molecule has 1 amide bonds. The van der Waals surface area contributed by atoms with E-state index in [0.29, 0.717) is 13.1 Å². The number of benzene rings is 1. The number of likely N-dealkylation sites (tertiary alicyclic amines) is 1. The van der Waals surface area contributed by atoms with Crippen LogP contribution in [0.2, 0.25) is 0 Å². The van der Waals surface area contributed by atoms with E-state index in [4.69, 9.17) is 0 Å². The van der Waals surface area contributed by atoms with Gasteiger partial charge in [0.05, 0.1) is 43.8 Å². The molecule has 1 aromatic rings. The maximum Gasteiger partial charge on any atom is 0.392 e. The minimum Gasteiger partial charge on any atom is -0.340 e. The second kappa shape index (κ2) is 9.09. The quantitative estimate of drug-likeness (QED) is 0.422. The molecule has 1 heterocycles. The van der Waals surface area contributed by atoms with Gasteiger partial charge in [-0.3, -0.25) is 19.4 Å². The van der Waals surface area contributed by atoms with Crippen molar-refractivity contribution >= 4 is 18.3 Å². The number of halogens is 4. The number of nitro groups is 1. The summed E-state index contributed by atoms with van der Waals surface area (Å²) in [6.45, 7) is 0.882. The van der Waals surface area contributed by atoms with Crippen molar-refractivity contribution in [1.82, 2.24) is 5.32 Å². The number of amides is 1. The predicted molar refractivity (Wildman–Crippen MR) is 108 cm³/mol. The van der Waals surface area contributed by atoms with Gasteiger partial charge in [-0.1, -0.05) is 30.3 Å². The topological polar surface area (TPSA) is 72.2 Å². The zero-order valence-electron chi connectivity index (χ0n) is 16.9. The molecule has 1 saturated heterocycles. The van der Waals surface area contributed by atoms with Crippen LogP contribution in [-0.2, 0) is 11.2 Å². The van der Waals surface area contributed by atoms with E-state index in [0.717, 1.165) is 18.4 Å². The lowest BCUT2D eigenvalue weighted by molar-refractivity contribution is -1.04. The molecule has 1 aliphatic carbocycles. The molecule has 30 heavy (non-hydrogen) atoms. The number of carbonyl (C=O) groups excluding carboxylic acids is 1. The van der Waals surface area contributed by atoms with Crippen LogP contribution in [0, 0.1) is 16.0 Å². The monoisotopic (exact) mass is 450 g/mol. The van der Waals surface area contributed by atoms with Crippen LogP contribution in [0.15, 0.2) is 30.3 Å². The van der Waals surface area contributed by atoms with Crippen molar-refractivity contribution in [2.45, 2.75) is 56.4 Å². The molecule has 1 N–H and O–H groups in total. The summed E-state index contributed by atoms with van der Waals surface area (Å²) >= 11 is 0. The molecule has 1 unspecified atom stereocenters. The van der Waals surface area contributed by atoms with Gasteiger partial charge in [0.2, 0.25) is 5.91 Å². The fourth-order valence-corrected chi connectivity index (χ4v) is 5.12. The Morgan fingerprint density at radius 3 is 2.37 bits per heavy atom. The maximum absolute atomic E-state index is 13.5. The highest BCUT2D eigenvalue weighted by Crippen LogP contribution is 2.48. The summed E-state index contributed by atoms with van der Waals surface area (Å²) in [5.41, 5.74) is -1.12. The first kappa shape index (κ1) is 24.4. The van der Waals surface area contributed by atoms with E-state index in [1.54, 1.807) is 31.3 Å². The van der Waals surface area contributed by atoms with E-state index in [-0.39, 0.29) is 36.2 Å². The Morgan fingerprint density at radius 2 is 1.83 bits per heavy atom. The minimum atomic E-state index is -4.49. The summed E-state index contributed by atoms with van der Waals surface area (Å²) in [6.07, 6.45) is -3.86. The van der Waals surface area contributed by atoms with Crippen LogP contribution in [0.5, 0.6) is 0 Å². The van der Waals surface area contributed by atoms with Crippen LogP contribution in [-0.4, -0.2) is 53.3 Å². The van der Waals surface area contributed by atoms with Crippen molar-refractivity contribution < 1.29 is 27.4 Å². The van der Waals surface area contributed by atoms with Gasteiger partial charge in [-0.05, 0) is 18.4 Å². The van der Waals surface area contributed by atoms with Gasteiger partial charge in [0.25, 0.3) is 0 Å². The predicted octanol–water partition coefficient (Wildman–Crippen LogP) is 3.71. The lowest BCUT2D eigenvalue weighted by Gasteiger charge is -2.49. The fourth-order valence-electron chi connectivity index (χ4n) is 5.12. The highest BCUT2D eigenvalue weighted by atomic mass is 35.5. The number of likely N-dealkylation sites (N-methyl/N-ethyl adjacent to an activating group) is 1. The molecule has 6 nitrogen and oxygen atoms in total. The van der Waals surface area contributed by atoms with Crippen LogP contribution < -0.4 is 5.32 Å². The van der Waals surface area contributed by atoms with Gasteiger partial charge >= 0.3 is 11.8 Å². The maximum atomic E-state index is 13.5. The summed E-state index contributed by atoms with van der Waals surface area (Å²) in [4.78, 5) is 24.5. The van der Waals surface area contributed by atoms with Gasteiger partial charge in [-0.15, -0.1) is 12.4 Å². The van der Waals surface area contributed by atoms with Crippen molar-refractivity contribution in [3.8, 4) is 0 Å². The Morgan fingerprint density at radius 1 is 1.23 bits per heavy atom. The second-order valence-corrected chi connectivity index (χ2v) is 8.49. The first-order chi connectivity index (χ1) is 13.6. The molecule has 2 aliphatic rings. The number of alkyl halides is 3. The van der Waals surface area contributed by atoms with Gasteiger partial charge < -0.3 is 5.32 Å². The molecule has 10 heteroatoms. The third-order valence-electron chi connectivity index (χ3n) is 6.72. The fraction of sp³-hybridized carbons (Fsp3) is 0.650. The molecule has 0 radical (unpaired) electrons. The number of rotatable bonds is 5. The van der Waals surface area contributed by atoms with Crippen molar-refractivity contribution in [3.05, 3.63) is 46.0 Å². The summed E-state index contributed by atoms with van der Waals surface area (Å²) in [7, 11) is 1.67. The van der Waals surface area contributed by atoms with E-state index in [9.17, 15) is 28.1 Å². The Labute approximate surface area is 180 Å². The average Bonchev–Trinajstić information content (AvgIpc) is 3.09. The first-order valence-corrected chi connectivity index (χ1v) is 9.98. The normalized spacial score (nSPS) is 28.4. The van der Waals surface area contributed by atoms with Crippen molar-refractivity contribution in [2.24, 2.45) is 5.92 Å². The van der Waals surface area contributed by atoms with Gasteiger partial charge in [0, 0.05) is 12.8 Å². The number of nitrogens with one attached hydrogen (secondary N) is 1. The van der Waals surface area contributed by atoms with Gasteiger partial charge in [-0.2, -0.15) is 13.2 Å². The highest BCUT2D eigenvalue weighted by Gasteiger charge is 2.70. The molecular formula is C20H28ClF3N3O3+. The van der Waals surface area contributed by atoms with Gasteiger partial charge in [-0.25, -0.2) is 0 Å². The molecule has 0 aromatic heterocycles. The van der Waals surface area contributed by atoms with Gasteiger partial charge in [0.15, 0.2) is 6.04 Å². The molecular weight excluding hydrogens is 423 g/mol. The molecule has 1 aliphatic heterocycles. The summed E-state index contributed by atoms with van der Waals surface area (Å²) < 4.78 is 40.5. The van der Waals surface area contributed by atoms with Crippen LogP contribution in [0.4, 0.5) is 13.2 Å². The van der Waals surface area contributed by atoms with Crippen LogP contribution in [0.3, 0.4) is 0 Å². The third-order valence-corrected chi connectivity index (χ3v) is 6.72. The summed E-state index contributed by atoms with van der Waals surface area (Å²) in [6, 6.07) is 8.00.